The van der Waals surface area contributed by atoms with Crippen molar-refractivity contribution in [2.24, 2.45) is 5.73 Å². The van der Waals surface area contributed by atoms with Gasteiger partial charge in [-0.2, -0.15) is 0 Å². The van der Waals surface area contributed by atoms with E-state index in [0.29, 0.717) is 0 Å². The van der Waals surface area contributed by atoms with E-state index < -0.39 is 19.2 Å². The van der Waals surface area contributed by atoms with E-state index in [-0.39, 0.29) is 18.8 Å². The molecule has 0 saturated carbocycles. The van der Waals surface area contributed by atoms with Crippen LogP contribution in [0.15, 0.2) is 24.3 Å². The molecule has 0 heterocycles. The number of hydrogen-bond donors (Lipinski definition) is 1. The summed E-state index contributed by atoms with van der Waals surface area (Å²) in [6.45, 7) is 3.75. The molecule has 96 valence electrons. The Morgan fingerprint density at radius 2 is 1.82 bits per heavy atom. The number of benzene rings is 1. The van der Waals surface area contributed by atoms with Gasteiger partial charge in [-0.15, -0.1) is 0 Å². The molecule has 0 bridgehead atoms. The lowest BCUT2D eigenvalue weighted by molar-refractivity contribution is 0.212. The van der Waals surface area contributed by atoms with Crippen LogP contribution in [0, 0.1) is 5.82 Å². The fourth-order valence-electron chi connectivity index (χ4n) is 1.44. The van der Waals surface area contributed by atoms with E-state index in [0.717, 1.165) is 0 Å². The Morgan fingerprint density at radius 1 is 1.29 bits per heavy atom. The van der Waals surface area contributed by atoms with Crippen molar-refractivity contribution >= 4 is 7.60 Å². The second-order valence-corrected chi connectivity index (χ2v) is 5.49. The van der Waals surface area contributed by atoms with Crippen molar-refractivity contribution < 1.29 is 18.0 Å². The van der Waals surface area contributed by atoms with Gasteiger partial charge in [-0.05, 0) is 19.9 Å². The minimum atomic E-state index is -3.52. The molecule has 0 aliphatic rings. The number of halogens is 1. The molecule has 17 heavy (non-hydrogen) atoms. The highest BCUT2D eigenvalue weighted by molar-refractivity contribution is 7.54. The van der Waals surface area contributed by atoms with Crippen molar-refractivity contribution in [1.29, 1.82) is 0 Å². The number of hydrogen-bond acceptors (Lipinski definition) is 4. The van der Waals surface area contributed by atoms with Gasteiger partial charge in [-0.1, -0.05) is 18.2 Å². The zero-order valence-electron chi connectivity index (χ0n) is 9.93. The van der Waals surface area contributed by atoms with Crippen molar-refractivity contribution in [3.8, 4) is 0 Å². The lowest BCUT2D eigenvalue weighted by Crippen LogP contribution is -2.16. The standard InChI is InChI=1S/C11H17FNO3P/c1-3-15-17(14,16-4-2)11(13)9-7-5-6-8-10(9)12/h5-8,11H,3-4,13H2,1-2H3/t11-/m1/s1. The summed E-state index contributed by atoms with van der Waals surface area (Å²) in [6.07, 6.45) is 0. The highest BCUT2D eigenvalue weighted by Crippen LogP contribution is 2.58. The van der Waals surface area contributed by atoms with E-state index in [2.05, 4.69) is 0 Å². The summed E-state index contributed by atoms with van der Waals surface area (Å²) in [6, 6.07) is 5.90. The summed E-state index contributed by atoms with van der Waals surface area (Å²) >= 11 is 0. The van der Waals surface area contributed by atoms with Crippen LogP contribution in [0.25, 0.3) is 0 Å². The molecule has 0 radical (unpaired) electrons. The van der Waals surface area contributed by atoms with Crippen LogP contribution in [0.2, 0.25) is 0 Å². The van der Waals surface area contributed by atoms with Crippen LogP contribution in [0.1, 0.15) is 25.2 Å². The molecule has 6 heteroatoms. The average molecular weight is 261 g/mol. The van der Waals surface area contributed by atoms with Crippen LogP contribution in [0.4, 0.5) is 4.39 Å². The molecule has 2 N–H and O–H groups in total. The van der Waals surface area contributed by atoms with Gasteiger partial charge in [0.25, 0.3) is 0 Å². The minimum Gasteiger partial charge on any atom is -0.314 e. The van der Waals surface area contributed by atoms with Gasteiger partial charge >= 0.3 is 7.60 Å². The molecule has 0 spiro atoms. The molecule has 1 atom stereocenters. The fourth-order valence-corrected chi connectivity index (χ4v) is 3.11. The first kappa shape index (κ1) is 14.3. The van der Waals surface area contributed by atoms with Crippen LogP contribution >= 0.6 is 7.60 Å². The summed E-state index contributed by atoms with van der Waals surface area (Å²) < 4.78 is 36.0. The maximum atomic E-state index is 13.5. The first-order valence-electron chi connectivity index (χ1n) is 5.44. The molecular weight excluding hydrogens is 244 g/mol. The SMILES string of the molecule is CCOP(=O)(OCC)[C@@H](N)c1ccccc1F. The quantitative estimate of drug-likeness (QED) is 0.799. The summed E-state index contributed by atoms with van der Waals surface area (Å²) in [5, 5.41) is 0. The van der Waals surface area contributed by atoms with Crippen molar-refractivity contribution in [3.63, 3.8) is 0 Å². The Balaban J connectivity index is 3.04. The van der Waals surface area contributed by atoms with Crippen molar-refractivity contribution in [3.05, 3.63) is 35.6 Å². The first-order chi connectivity index (χ1) is 8.05. The second-order valence-electron chi connectivity index (χ2n) is 3.34. The molecule has 0 aromatic heterocycles. The summed E-state index contributed by atoms with van der Waals surface area (Å²) in [4.78, 5) is 0. The van der Waals surface area contributed by atoms with Gasteiger partial charge in [-0.3, -0.25) is 4.57 Å². The maximum absolute atomic E-state index is 13.5. The molecule has 0 unspecified atom stereocenters. The molecule has 0 aliphatic heterocycles. The predicted molar refractivity (Wildman–Crippen MR) is 64.2 cm³/mol. The van der Waals surface area contributed by atoms with Crippen molar-refractivity contribution in [2.45, 2.75) is 19.6 Å². The molecule has 1 aromatic carbocycles. The zero-order valence-corrected chi connectivity index (χ0v) is 10.8. The van der Waals surface area contributed by atoms with Gasteiger partial charge in [0.15, 0.2) is 0 Å². The molecule has 0 aliphatic carbocycles. The van der Waals surface area contributed by atoms with E-state index in [1.165, 1.54) is 18.2 Å². The molecule has 1 aromatic rings. The van der Waals surface area contributed by atoms with E-state index in [1.54, 1.807) is 19.9 Å². The Kier molecular flexibility index (Phi) is 5.28. The van der Waals surface area contributed by atoms with Crippen LogP contribution < -0.4 is 5.73 Å². The van der Waals surface area contributed by atoms with E-state index in [1.807, 2.05) is 0 Å². The molecular formula is C11H17FNO3P. The fraction of sp³-hybridized carbons (Fsp3) is 0.455. The normalized spacial score (nSPS) is 13.6. The van der Waals surface area contributed by atoms with Gasteiger partial charge in [0.1, 0.15) is 11.6 Å². The van der Waals surface area contributed by atoms with Gasteiger partial charge < -0.3 is 14.8 Å². The third-order valence-electron chi connectivity index (χ3n) is 2.18. The Bertz CT molecular complexity index is 403. The van der Waals surface area contributed by atoms with E-state index in [4.69, 9.17) is 14.8 Å². The Morgan fingerprint density at radius 3 is 2.29 bits per heavy atom. The van der Waals surface area contributed by atoms with E-state index in [9.17, 15) is 8.96 Å². The third-order valence-corrected chi connectivity index (χ3v) is 4.38. The largest absolute Gasteiger partial charge is 0.351 e. The summed E-state index contributed by atoms with van der Waals surface area (Å²) in [5.74, 6) is -1.62. The lowest BCUT2D eigenvalue weighted by atomic mass is 10.2. The van der Waals surface area contributed by atoms with Gasteiger partial charge in [0, 0.05) is 5.56 Å². The van der Waals surface area contributed by atoms with Crippen LogP contribution in [0.5, 0.6) is 0 Å². The van der Waals surface area contributed by atoms with Gasteiger partial charge in [0.05, 0.1) is 13.2 Å². The monoisotopic (exact) mass is 261 g/mol. The highest BCUT2D eigenvalue weighted by atomic mass is 31.2. The highest BCUT2D eigenvalue weighted by Gasteiger charge is 2.35. The Labute approximate surface area is 100 Å². The predicted octanol–water partition coefficient (Wildman–Crippen LogP) is 3.05. The zero-order chi connectivity index (χ0) is 12.9. The van der Waals surface area contributed by atoms with Crippen molar-refractivity contribution in [2.75, 3.05) is 13.2 Å². The van der Waals surface area contributed by atoms with Crippen LogP contribution in [-0.2, 0) is 13.6 Å². The Hall–Kier alpha value is -0.740. The third kappa shape index (κ3) is 3.36. The first-order valence-corrected chi connectivity index (χ1v) is 7.05. The van der Waals surface area contributed by atoms with Crippen LogP contribution in [-0.4, -0.2) is 13.2 Å². The van der Waals surface area contributed by atoms with E-state index >= 15 is 0 Å². The maximum Gasteiger partial charge on any atom is 0.351 e. The average Bonchev–Trinajstić information content (AvgIpc) is 2.29. The topological polar surface area (TPSA) is 61.5 Å². The molecule has 1 rings (SSSR count). The van der Waals surface area contributed by atoms with Gasteiger partial charge in [0.2, 0.25) is 0 Å². The lowest BCUT2D eigenvalue weighted by Gasteiger charge is -2.23. The molecule has 0 saturated heterocycles. The molecule has 0 fully saturated rings. The second kappa shape index (κ2) is 6.26. The molecule has 4 nitrogen and oxygen atoms in total. The van der Waals surface area contributed by atoms with Gasteiger partial charge in [-0.25, -0.2) is 4.39 Å². The number of nitrogens with two attached hydrogens (primary N) is 1. The summed E-state index contributed by atoms with van der Waals surface area (Å²) in [5.41, 5.74) is 5.93. The smallest absolute Gasteiger partial charge is 0.314 e. The molecule has 0 amide bonds. The number of rotatable bonds is 6. The van der Waals surface area contributed by atoms with Crippen LogP contribution in [0.3, 0.4) is 0 Å². The van der Waals surface area contributed by atoms with Crippen molar-refractivity contribution in [1.82, 2.24) is 0 Å². The minimum absolute atomic E-state index is 0.137. The summed E-state index contributed by atoms with van der Waals surface area (Å²) in [7, 11) is -3.52.